The summed E-state index contributed by atoms with van der Waals surface area (Å²) in [6.07, 6.45) is 5.61. The standard InChI is InChI=1S/C11H13N5/c1-16-8-9(2-11(16)3-12)4-13-5-10-6-14-15-7-10/h2,6-8,13H,4-5H2,1H3,(H,14,15). The van der Waals surface area contributed by atoms with Gasteiger partial charge in [0.05, 0.1) is 6.20 Å². The van der Waals surface area contributed by atoms with Crippen LogP contribution in [-0.2, 0) is 20.1 Å². The van der Waals surface area contributed by atoms with Crippen LogP contribution in [0, 0.1) is 11.3 Å². The van der Waals surface area contributed by atoms with Gasteiger partial charge in [0, 0.05) is 38.1 Å². The van der Waals surface area contributed by atoms with Gasteiger partial charge in [0.25, 0.3) is 0 Å². The SMILES string of the molecule is Cn1cc(CNCc2cn[nH]c2)cc1C#N. The lowest BCUT2D eigenvalue weighted by molar-refractivity contribution is 0.692. The van der Waals surface area contributed by atoms with Crippen molar-refractivity contribution in [3.8, 4) is 6.07 Å². The van der Waals surface area contributed by atoms with E-state index in [0.717, 1.165) is 24.2 Å². The predicted octanol–water partition coefficient (Wildman–Crippen LogP) is 0.910. The number of aromatic amines is 1. The van der Waals surface area contributed by atoms with Gasteiger partial charge in [-0.05, 0) is 11.6 Å². The number of hydrogen-bond acceptors (Lipinski definition) is 3. The molecule has 5 nitrogen and oxygen atoms in total. The fraction of sp³-hybridized carbons (Fsp3) is 0.273. The molecule has 2 aromatic rings. The fourth-order valence-corrected chi connectivity index (χ4v) is 1.57. The Morgan fingerprint density at radius 2 is 2.31 bits per heavy atom. The van der Waals surface area contributed by atoms with Crippen LogP contribution in [0.4, 0.5) is 0 Å². The average molecular weight is 215 g/mol. The lowest BCUT2D eigenvalue weighted by Gasteiger charge is -1.99. The Bertz CT molecular complexity index is 489. The molecule has 2 aromatic heterocycles. The minimum absolute atomic E-state index is 0.681. The summed E-state index contributed by atoms with van der Waals surface area (Å²) in [5.41, 5.74) is 2.92. The monoisotopic (exact) mass is 215 g/mol. The van der Waals surface area contributed by atoms with Crippen LogP contribution < -0.4 is 5.32 Å². The zero-order chi connectivity index (χ0) is 11.4. The number of hydrogen-bond donors (Lipinski definition) is 2. The summed E-state index contributed by atoms with van der Waals surface area (Å²) in [4.78, 5) is 0. The summed E-state index contributed by atoms with van der Waals surface area (Å²) in [6.45, 7) is 1.52. The van der Waals surface area contributed by atoms with E-state index in [1.165, 1.54) is 0 Å². The van der Waals surface area contributed by atoms with Gasteiger partial charge in [0.1, 0.15) is 11.8 Å². The molecule has 0 bridgehead atoms. The first-order chi connectivity index (χ1) is 7.79. The van der Waals surface area contributed by atoms with Crippen LogP contribution >= 0.6 is 0 Å². The fourth-order valence-electron chi connectivity index (χ4n) is 1.57. The normalized spacial score (nSPS) is 10.2. The molecule has 0 saturated carbocycles. The second kappa shape index (κ2) is 4.64. The van der Waals surface area contributed by atoms with Crippen LogP contribution in [0.15, 0.2) is 24.7 Å². The van der Waals surface area contributed by atoms with Gasteiger partial charge in [0.15, 0.2) is 0 Å². The largest absolute Gasteiger partial charge is 0.342 e. The van der Waals surface area contributed by atoms with Crippen LogP contribution in [0.3, 0.4) is 0 Å². The second-order valence-electron chi connectivity index (χ2n) is 3.67. The minimum atomic E-state index is 0.681. The van der Waals surface area contributed by atoms with Crippen molar-refractivity contribution in [1.82, 2.24) is 20.1 Å². The Kier molecular flexibility index (Phi) is 3.03. The molecule has 2 heterocycles. The molecule has 0 radical (unpaired) electrons. The van der Waals surface area contributed by atoms with Gasteiger partial charge >= 0.3 is 0 Å². The minimum Gasteiger partial charge on any atom is -0.342 e. The van der Waals surface area contributed by atoms with Gasteiger partial charge in [-0.2, -0.15) is 10.4 Å². The summed E-state index contributed by atoms with van der Waals surface area (Å²) >= 11 is 0. The molecular formula is C11H13N5. The third-order valence-corrected chi connectivity index (χ3v) is 2.39. The van der Waals surface area contributed by atoms with Crippen LogP contribution in [0.1, 0.15) is 16.8 Å². The number of aryl methyl sites for hydroxylation is 1. The molecule has 0 aromatic carbocycles. The molecule has 0 aliphatic rings. The van der Waals surface area contributed by atoms with E-state index in [2.05, 4.69) is 21.6 Å². The Labute approximate surface area is 93.7 Å². The van der Waals surface area contributed by atoms with Crippen LogP contribution in [-0.4, -0.2) is 14.8 Å². The Hall–Kier alpha value is -2.06. The van der Waals surface area contributed by atoms with Gasteiger partial charge in [-0.25, -0.2) is 0 Å². The molecule has 0 unspecified atom stereocenters. The summed E-state index contributed by atoms with van der Waals surface area (Å²) in [7, 11) is 1.87. The molecule has 0 aliphatic carbocycles. The summed E-state index contributed by atoms with van der Waals surface area (Å²) in [6, 6.07) is 4.03. The van der Waals surface area contributed by atoms with Crippen LogP contribution in [0.5, 0.6) is 0 Å². The van der Waals surface area contributed by atoms with Crippen molar-refractivity contribution in [3.63, 3.8) is 0 Å². The van der Waals surface area contributed by atoms with Crippen LogP contribution in [0.2, 0.25) is 0 Å². The molecule has 0 aliphatic heterocycles. The number of nitrogens with one attached hydrogen (secondary N) is 2. The first-order valence-corrected chi connectivity index (χ1v) is 5.03. The smallest absolute Gasteiger partial charge is 0.120 e. The molecular weight excluding hydrogens is 202 g/mol. The maximum absolute atomic E-state index is 8.80. The van der Waals surface area contributed by atoms with E-state index in [-0.39, 0.29) is 0 Å². The molecule has 0 spiro atoms. The van der Waals surface area contributed by atoms with Gasteiger partial charge in [-0.3, -0.25) is 5.10 Å². The van der Waals surface area contributed by atoms with Crippen molar-refractivity contribution in [2.75, 3.05) is 0 Å². The van der Waals surface area contributed by atoms with Gasteiger partial charge in [-0.15, -0.1) is 0 Å². The zero-order valence-electron chi connectivity index (χ0n) is 9.07. The van der Waals surface area contributed by atoms with E-state index >= 15 is 0 Å². The van der Waals surface area contributed by atoms with E-state index in [1.54, 1.807) is 6.20 Å². The molecule has 0 fully saturated rings. The number of nitriles is 1. The number of rotatable bonds is 4. The quantitative estimate of drug-likeness (QED) is 0.796. The lowest BCUT2D eigenvalue weighted by atomic mass is 10.3. The maximum Gasteiger partial charge on any atom is 0.120 e. The lowest BCUT2D eigenvalue weighted by Crippen LogP contribution is -2.11. The molecule has 2 rings (SSSR count). The Morgan fingerprint density at radius 1 is 1.50 bits per heavy atom. The molecule has 0 saturated heterocycles. The molecule has 5 heteroatoms. The van der Waals surface area contributed by atoms with Crippen molar-refractivity contribution in [2.45, 2.75) is 13.1 Å². The first kappa shape index (κ1) is 10.5. The van der Waals surface area contributed by atoms with E-state index in [1.807, 2.05) is 30.1 Å². The van der Waals surface area contributed by atoms with Crippen molar-refractivity contribution >= 4 is 0 Å². The van der Waals surface area contributed by atoms with Gasteiger partial charge < -0.3 is 9.88 Å². The number of H-pyrrole nitrogens is 1. The van der Waals surface area contributed by atoms with E-state index in [0.29, 0.717) is 5.69 Å². The third-order valence-electron chi connectivity index (χ3n) is 2.39. The molecule has 0 atom stereocenters. The Balaban J connectivity index is 1.88. The topological polar surface area (TPSA) is 69.4 Å². The van der Waals surface area contributed by atoms with E-state index in [9.17, 15) is 0 Å². The summed E-state index contributed by atoms with van der Waals surface area (Å²) in [5.74, 6) is 0. The summed E-state index contributed by atoms with van der Waals surface area (Å²) in [5, 5.41) is 18.7. The highest BCUT2D eigenvalue weighted by Gasteiger charge is 2.01. The number of nitrogens with zero attached hydrogens (tertiary/aromatic N) is 3. The second-order valence-corrected chi connectivity index (χ2v) is 3.67. The predicted molar refractivity (Wildman–Crippen MR) is 59.3 cm³/mol. The van der Waals surface area contributed by atoms with Crippen LogP contribution in [0.25, 0.3) is 0 Å². The van der Waals surface area contributed by atoms with E-state index < -0.39 is 0 Å². The van der Waals surface area contributed by atoms with E-state index in [4.69, 9.17) is 5.26 Å². The van der Waals surface area contributed by atoms with Gasteiger partial charge in [0.2, 0.25) is 0 Å². The van der Waals surface area contributed by atoms with Gasteiger partial charge in [-0.1, -0.05) is 0 Å². The molecule has 0 amide bonds. The highest BCUT2D eigenvalue weighted by molar-refractivity contribution is 5.28. The third kappa shape index (κ3) is 2.30. The average Bonchev–Trinajstić information content (AvgIpc) is 2.88. The highest BCUT2D eigenvalue weighted by Crippen LogP contribution is 2.05. The maximum atomic E-state index is 8.80. The van der Waals surface area contributed by atoms with Crippen molar-refractivity contribution in [3.05, 3.63) is 41.5 Å². The van der Waals surface area contributed by atoms with Crippen molar-refractivity contribution < 1.29 is 0 Å². The van der Waals surface area contributed by atoms with Crippen molar-refractivity contribution in [1.29, 1.82) is 5.26 Å². The Morgan fingerprint density at radius 3 is 2.94 bits per heavy atom. The molecule has 82 valence electrons. The molecule has 16 heavy (non-hydrogen) atoms. The number of aromatic nitrogens is 3. The summed E-state index contributed by atoms with van der Waals surface area (Å²) < 4.78 is 1.83. The highest BCUT2D eigenvalue weighted by atomic mass is 15.1. The first-order valence-electron chi connectivity index (χ1n) is 5.03. The zero-order valence-corrected chi connectivity index (χ0v) is 9.07. The van der Waals surface area contributed by atoms with Crippen molar-refractivity contribution in [2.24, 2.45) is 7.05 Å². The molecule has 2 N–H and O–H groups in total.